The molecule has 0 N–H and O–H groups in total. The van der Waals surface area contributed by atoms with Crippen LogP contribution in [0.3, 0.4) is 0 Å². The van der Waals surface area contributed by atoms with E-state index in [4.69, 9.17) is 4.74 Å². The summed E-state index contributed by atoms with van der Waals surface area (Å²) < 4.78 is 58.1. The lowest BCUT2D eigenvalue weighted by atomic mass is 9.89. The number of hydrogen-bond acceptors (Lipinski definition) is 6. The van der Waals surface area contributed by atoms with Crippen LogP contribution in [0.5, 0.6) is 0 Å². The van der Waals surface area contributed by atoms with Crippen molar-refractivity contribution in [2.45, 2.75) is 25.4 Å². The van der Waals surface area contributed by atoms with Gasteiger partial charge in [0.2, 0.25) is 5.91 Å². The number of carbonyl (C=O) groups excluding carboxylic acids is 3. The predicted octanol–water partition coefficient (Wildman–Crippen LogP) is 2.53. The van der Waals surface area contributed by atoms with Crippen LogP contribution in [0.2, 0.25) is 0 Å². The fraction of sp³-hybridized carbons (Fsp3) is 0.542. The standard InChI is InChI=1S/C24H26F4N4O4/c25-17-3-1-15(2-4-17)22(34)16-5-8-31(9-6-16)12-21(33)32(14-24(26,27)28)11-20-29-19-7-10-36-13-18(19)23(35)30-20/h1-4,16,18H,5-14H2. The maximum atomic E-state index is 13.2. The van der Waals surface area contributed by atoms with E-state index in [1.165, 1.54) is 24.3 Å². The van der Waals surface area contributed by atoms with E-state index in [0.717, 1.165) is 0 Å². The lowest BCUT2D eigenvalue weighted by molar-refractivity contribution is -0.160. The fourth-order valence-electron chi connectivity index (χ4n) is 4.58. The van der Waals surface area contributed by atoms with Gasteiger partial charge in [0.25, 0.3) is 5.91 Å². The first-order valence-electron chi connectivity index (χ1n) is 11.7. The Kier molecular flexibility index (Phi) is 7.94. The number of ether oxygens (including phenoxy) is 1. The van der Waals surface area contributed by atoms with Gasteiger partial charge < -0.3 is 9.64 Å². The molecule has 194 valence electrons. The topological polar surface area (TPSA) is 91.6 Å². The first kappa shape index (κ1) is 26.1. The minimum Gasteiger partial charge on any atom is -0.380 e. The first-order chi connectivity index (χ1) is 17.1. The number of amidine groups is 1. The Morgan fingerprint density at radius 1 is 1.11 bits per heavy atom. The van der Waals surface area contributed by atoms with Crippen molar-refractivity contribution in [3.63, 3.8) is 0 Å². The number of aliphatic imine (C=N–C) groups is 2. The summed E-state index contributed by atoms with van der Waals surface area (Å²) >= 11 is 0. The highest BCUT2D eigenvalue weighted by atomic mass is 19.4. The largest absolute Gasteiger partial charge is 0.406 e. The van der Waals surface area contributed by atoms with Crippen molar-refractivity contribution in [3.8, 4) is 0 Å². The second-order valence-electron chi connectivity index (χ2n) is 9.13. The zero-order valence-electron chi connectivity index (χ0n) is 19.5. The summed E-state index contributed by atoms with van der Waals surface area (Å²) in [5.74, 6) is -2.89. The van der Waals surface area contributed by atoms with Crippen molar-refractivity contribution in [2.24, 2.45) is 21.8 Å². The maximum absolute atomic E-state index is 13.2. The Morgan fingerprint density at radius 3 is 2.47 bits per heavy atom. The molecule has 1 aromatic carbocycles. The second kappa shape index (κ2) is 11.0. The van der Waals surface area contributed by atoms with E-state index < -0.39 is 42.8 Å². The van der Waals surface area contributed by atoms with E-state index in [1.807, 2.05) is 0 Å². The van der Waals surface area contributed by atoms with Crippen LogP contribution in [0.1, 0.15) is 29.6 Å². The molecule has 0 spiro atoms. The molecule has 3 aliphatic rings. The Bertz CT molecular complexity index is 1060. The van der Waals surface area contributed by atoms with Crippen molar-refractivity contribution >= 4 is 29.1 Å². The van der Waals surface area contributed by atoms with Gasteiger partial charge in [-0.25, -0.2) is 9.38 Å². The van der Waals surface area contributed by atoms with Gasteiger partial charge in [-0.15, -0.1) is 0 Å². The highest BCUT2D eigenvalue weighted by molar-refractivity contribution is 6.17. The summed E-state index contributed by atoms with van der Waals surface area (Å²) in [5.41, 5.74) is 0.919. The number of likely N-dealkylation sites (tertiary alicyclic amines) is 1. The summed E-state index contributed by atoms with van der Waals surface area (Å²) in [6.45, 7) is -1.07. The molecular formula is C24H26F4N4O4. The lowest BCUT2D eigenvalue weighted by Gasteiger charge is -2.33. The molecule has 1 aromatic rings. The molecule has 0 aliphatic carbocycles. The van der Waals surface area contributed by atoms with Crippen LogP contribution in [-0.4, -0.2) is 91.1 Å². The number of nitrogens with zero attached hydrogens (tertiary/aromatic N) is 4. The number of hydrogen-bond donors (Lipinski definition) is 0. The molecule has 3 aliphatic heterocycles. The smallest absolute Gasteiger partial charge is 0.380 e. The second-order valence-corrected chi connectivity index (χ2v) is 9.13. The van der Waals surface area contributed by atoms with E-state index >= 15 is 0 Å². The van der Waals surface area contributed by atoms with E-state index in [2.05, 4.69) is 9.98 Å². The van der Waals surface area contributed by atoms with E-state index in [0.29, 0.717) is 55.1 Å². The SMILES string of the molecule is O=C(c1ccc(F)cc1)C1CCN(CC(=O)N(CC2=NC(=O)C3COCCC3=N2)CC(F)(F)F)CC1. The number of fused-ring (bicyclic) bond motifs is 1. The Balaban J connectivity index is 1.36. The third kappa shape index (κ3) is 6.61. The number of carbonyl (C=O) groups is 3. The van der Waals surface area contributed by atoms with Crippen molar-refractivity contribution in [1.29, 1.82) is 0 Å². The average molecular weight is 510 g/mol. The number of alkyl halides is 3. The summed E-state index contributed by atoms with van der Waals surface area (Å²) in [7, 11) is 0. The van der Waals surface area contributed by atoms with E-state index in [1.54, 1.807) is 4.90 Å². The van der Waals surface area contributed by atoms with E-state index in [9.17, 15) is 31.9 Å². The molecule has 2 amide bonds. The summed E-state index contributed by atoms with van der Waals surface area (Å²) in [4.78, 5) is 48.2. The summed E-state index contributed by atoms with van der Waals surface area (Å²) in [6.07, 6.45) is -3.39. The van der Waals surface area contributed by atoms with Gasteiger partial charge >= 0.3 is 6.18 Å². The minimum atomic E-state index is -4.64. The van der Waals surface area contributed by atoms with Gasteiger partial charge in [0.1, 0.15) is 18.3 Å². The quantitative estimate of drug-likeness (QED) is 0.415. The molecule has 3 heterocycles. The van der Waals surface area contributed by atoms with Crippen LogP contribution in [0.25, 0.3) is 0 Å². The molecule has 4 rings (SSSR count). The highest BCUT2D eigenvalue weighted by Crippen LogP contribution is 2.23. The molecule has 12 heteroatoms. The zero-order chi connectivity index (χ0) is 25.9. The zero-order valence-corrected chi connectivity index (χ0v) is 19.5. The number of ketones is 1. The van der Waals surface area contributed by atoms with Gasteiger partial charge in [-0.3, -0.25) is 19.3 Å². The van der Waals surface area contributed by atoms with Crippen LogP contribution in [0.15, 0.2) is 34.3 Å². The van der Waals surface area contributed by atoms with Crippen LogP contribution in [0, 0.1) is 17.7 Å². The Morgan fingerprint density at radius 2 is 1.81 bits per heavy atom. The highest BCUT2D eigenvalue weighted by Gasteiger charge is 2.37. The number of benzene rings is 1. The van der Waals surface area contributed by atoms with Crippen LogP contribution in [-0.2, 0) is 14.3 Å². The number of amides is 2. The molecule has 8 nitrogen and oxygen atoms in total. The van der Waals surface area contributed by atoms with Crippen LogP contribution in [0.4, 0.5) is 17.6 Å². The van der Waals surface area contributed by atoms with Crippen molar-refractivity contribution in [3.05, 3.63) is 35.6 Å². The molecule has 0 radical (unpaired) electrons. The molecule has 0 aromatic heterocycles. The molecule has 2 fully saturated rings. The molecule has 36 heavy (non-hydrogen) atoms. The fourth-order valence-corrected chi connectivity index (χ4v) is 4.58. The molecular weight excluding hydrogens is 484 g/mol. The Hall–Kier alpha value is -2.99. The first-order valence-corrected chi connectivity index (χ1v) is 11.7. The number of Topliss-reactive ketones (excluding diaryl/α,β-unsaturated/α-hetero) is 1. The Labute approximate surface area is 205 Å². The minimum absolute atomic E-state index is 0.116. The molecule has 0 saturated carbocycles. The maximum Gasteiger partial charge on any atom is 0.406 e. The molecule has 2 saturated heterocycles. The van der Waals surface area contributed by atoms with Gasteiger partial charge in [-0.2, -0.15) is 18.2 Å². The third-order valence-corrected chi connectivity index (χ3v) is 6.50. The van der Waals surface area contributed by atoms with Crippen LogP contribution < -0.4 is 0 Å². The number of rotatable bonds is 7. The number of halogens is 4. The summed E-state index contributed by atoms with van der Waals surface area (Å²) in [5, 5.41) is 0. The molecule has 0 bridgehead atoms. The lowest BCUT2D eigenvalue weighted by Crippen LogP contribution is -2.49. The van der Waals surface area contributed by atoms with Gasteiger partial charge in [0, 0.05) is 23.6 Å². The van der Waals surface area contributed by atoms with Crippen molar-refractivity contribution < 1.29 is 36.7 Å². The normalized spacial score (nSPS) is 21.4. The predicted molar refractivity (Wildman–Crippen MR) is 121 cm³/mol. The van der Waals surface area contributed by atoms with Crippen LogP contribution >= 0.6 is 0 Å². The third-order valence-electron chi connectivity index (χ3n) is 6.50. The van der Waals surface area contributed by atoms with E-state index in [-0.39, 0.29) is 30.7 Å². The molecule has 1 atom stereocenters. The van der Waals surface area contributed by atoms with Gasteiger partial charge in [-0.1, -0.05) is 0 Å². The van der Waals surface area contributed by atoms with Crippen molar-refractivity contribution in [2.75, 3.05) is 45.9 Å². The van der Waals surface area contributed by atoms with Gasteiger partial charge in [0.05, 0.1) is 26.3 Å². The van der Waals surface area contributed by atoms with Gasteiger partial charge in [0.15, 0.2) is 11.6 Å². The average Bonchev–Trinajstić information content (AvgIpc) is 2.83. The monoisotopic (exact) mass is 510 g/mol. The summed E-state index contributed by atoms with van der Waals surface area (Å²) in [6, 6.07) is 5.28. The molecule has 1 unspecified atom stereocenters. The number of piperidine rings is 1. The van der Waals surface area contributed by atoms with Gasteiger partial charge in [-0.05, 0) is 50.2 Å². The van der Waals surface area contributed by atoms with Crippen molar-refractivity contribution in [1.82, 2.24) is 9.80 Å².